The normalized spacial score (nSPS) is 18.8. The maximum absolute atomic E-state index is 11.9. The third-order valence-electron chi connectivity index (χ3n) is 3.44. The summed E-state index contributed by atoms with van der Waals surface area (Å²) in [6.45, 7) is 4.07. The fraction of sp³-hybridized carbons (Fsp3) is 0.500. The summed E-state index contributed by atoms with van der Waals surface area (Å²) in [6.07, 6.45) is 1.79. The van der Waals surface area contributed by atoms with Crippen LogP contribution in [-0.4, -0.2) is 27.1 Å². The zero-order valence-electron chi connectivity index (χ0n) is 12.0. The molecule has 1 aliphatic heterocycles. The Hall–Kier alpha value is -1.56. The Bertz CT molecular complexity index is 611. The predicted molar refractivity (Wildman–Crippen MR) is 79.0 cm³/mol. The minimum absolute atomic E-state index is 0.0161. The van der Waals surface area contributed by atoms with Crippen molar-refractivity contribution in [3.05, 3.63) is 29.8 Å². The van der Waals surface area contributed by atoms with Crippen molar-refractivity contribution in [2.24, 2.45) is 5.92 Å². The van der Waals surface area contributed by atoms with E-state index in [1.165, 1.54) is 10.6 Å². The summed E-state index contributed by atoms with van der Waals surface area (Å²) in [4.78, 5) is 11.9. The molecule has 0 aromatic heterocycles. The molecule has 1 heterocycles. The zero-order chi connectivity index (χ0) is 14.9. The summed E-state index contributed by atoms with van der Waals surface area (Å²) in [5, 5.41) is 2.99. The molecule has 20 heavy (non-hydrogen) atoms. The summed E-state index contributed by atoms with van der Waals surface area (Å²) in [5.41, 5.74) is 1.52. The highest BCUT2D eigenvalue weighted by atomic mass is 32.2. The van der Waals surface area contributed by atoms with Crippen LogP contribution in [-0.2, 0) is 14.8 Å². The molecule has 0 bridgehead atoms. The van der Waals surface area contributed by atoms with E-state index >= 15 is 0 Å². The lowest BCUT2D eigenvalue weighted by atomic mass is 9.97. The number of hydrogen-bond acceptors (Lipinski definition) is 3. The number of carbonyl (C=O) groups is 1. The Morgan fingerprint density at radius 1 is 1.35 bits per heavy atom. The Balaban J connectivity index is 2.35. The molecular formula is C14H20N2O3S. The molecule has 0 saturated heterocycles. The van der Waals surface area contributed by atoms with E-state index < -0.39 is 10.0 Å². The van der Waals surface area contributed by atoms with Crippen LogP contribution in [0.1, 0.15) is 31.9 Å². The Labute approximate surface area is 120 Å². The van der Waals surface area contributed by atoms with Crippen LogP contribution in [0.2, 0.25) is 0 Å². The SMILES string of the molecule is CC(C)C(=O)NC1CCN(S(C)(=O)=O)c2ccccc21. The molecule has 1 atom stereocenters. The number of nitrogens with zero attached hydrogens (tertiary/aromatic N) is 1. The van der Waals surface area contributed by atoms with Crippen LogP contribution in [0.3, 0.4) is 0 Å². The van der Waals surface area contributed by atoms with Crippen molar-refractivity contribution in [1.82, 2.24) is 5.32 Å². The van der Waals surface area contributed by atoms with Gasteiger partial charge in [0.1, 0.15) is 0 Å². The van der Waals surface area contributed by atoms with Gasteiger partial charge in [0.15, 0.2) is 0 Å². The van der Waals surface area contributed by atoms with Gasteiger partial charge >= 0.3 is 0 Å². The Morgan fingerprint density at radius 3 is 2.60 bits per heavy atom. The predicted octanol–water partition coefficient (Wildman–Crippen LogP) is 1.67. The lowest BCUT2D eigenvalue weighted by Crippen LogP contribution is -2.41. The van der Waals surface area contributed by atoms with Crippen molar-refractivity contribution < 1.29 is 13.2 Å². The number of nitrogens with one attached hydrogen (secondary N) is 1. The largest absolute Gasteiger partial charge is 0.349 e. The zero-order valence-corrected chi connectivity index (χ0v) is 12.8. The van der Waals surface area contributed by atoms with Gasteiger partial charge < -0.3 is 5.32 Å². The molecule has 0 radical (unpaired) electrons. The molecular weight excluding hydrogens is 276 g/mol. The second-order valence-corrected chi connectivity index (χ2v) is 7.31. The fourth-order valence-corrected chi connectivity index (χ4v) is 3.33. The van der Waals surface area contributed by atoms with Gasteiger partial charge in [-0.3, -0.25) is 9.10 Å². The van der Waals surface area contributed by atoms with E-state index in [9.17, 15) is 13.2 Å². The average molecular weight is 296 g/mol. The highest BCUT2D eigenvalue weighted by Crippen LogP contribution is 2.35. The van der Waals surface area contributed by atoms with Crippen LogP contribution in [0.25, 0.3) is 0 Å². The van der Waals surface area contributed by atoms with Crippen LogP contribution in [0.4, 0.5) is 5.69 Å². The summed E-state index contributed by atoms with van der Waals surface area (Å²) in [7, 11) is -3.29. The average Bonchev–Trinajstić information content (AvgIpc) is 2.37. The molecule has 1 unspecified atom stereocenters. The fourth-order valence-electron chi connectivity index (χ4n) is 2.36. The second kappa shape index (κ2) is 5.44. The van der Waals surface area contributed by atoms with Crippen molar-refractivity contribution in [3.8, 4) is 0 Å². The van der Waals surface area contributed by atoms with E-state index in [0.717, 1.165) is 5.56 Å². The standard InChI is InChI=1S/C14H20N2O3S/c1-10(2)14(17)15-12-8-9-16(20(3,18)19)13-7-5-4-6-11(12)13/h4-7,10,12H,8-9H2,1-3H3,(H,15,17). The van der Waals surface area contributed by atoms with Gasteiger partial charge in [0.2, 0.25) is 15.9 Å². The highest BCUT2D eigenvalue weighted by Gasteiger charge is 2.30. The number of anilines is 1. The van der Waals surface area contributed by atoms with Gasteiger partial charge in [-0.25, -0.2) is 8.42 Å². The molecule has 1 aromatic carbocycles. The molecule has 0 aliphatic carbocycles. The molecule has 1 amide bonds. The monoisotopic (exact) mass is 296 g/mol. The first-order valence-electron chi connectivity index (χ1n) is 6.67. The smallest absolute Gasteiger partial charge is 0.232 e. The number of fused-ring (bicyclic) bond motifs is 1. The number of sulfonamides is 1. The lowest BCUT2D eigenvalue weighted by Gasteiger charge is -2.34. The first kappa shape index (κ1) is 14.8. The van der Waals surface area contributed by atoms with Crippen molar-refractivity contribution in [1.29, 1.82) is 0 Å². The Morgan fingerprint density at radius 2 is 2.00 bits per heavy atom. The van der Waals surface area contributed by atoms with E-state index in [0.29, 0.717) is 18.7 Å². The summed E-state index contributed by atoms with van der Waals surface area (Å²) >= 11 is 0. The number of rotatable bonds is 3. The number of amides is 1. The molecule has 0 fully saturated rings. The van der Waals surface area contributed by atoms with E-state index in [2.05, 4.69) is 5.32 Å². The lowest BCUT2D eigenvalue weighted by molar-refractivity contribution is -0.124. The molecule has 0 saturated carbocycles. The van der Waals surface area contributed by atoms with Crippen molar-refractivity contribution in [3.63, 3.8) is 0 Å². The molecule has 1 aromatic rings. The van der Waals surface area contributed by atoms with Crippen molar-refractivity contribution in [2.75, 3.05) is 17.1 Å². The van der Waals surface area contributed by atoms with Crippen molar-refractivity contribution in [2.45, 2.75) is 26.3 Å². The molecule has 6 heteroatoms. The molecule has 1 aliphatic rings. The summed E-state index contributed by atoms with van der Waals surface area (Å²) < 4.78 is 25.1. The van der Waals surface area contributed by atoms with Crippen LogP contribution in [0.5, 0.6) is 0 Å². The maximum Gasteiger partial charge on any atom is 0.232 e. The molecule has 5 nitrogen and oxygen atoms in total. The number of hydrogen-bond donors (Lipinski definition) is 1. The molecule has 0 spiro atoms. The molecule has 110 valence electrons. The topological polar surface area (TPSA) is 66.5 Å². The first-order valence-corrected chi connectivity index (χ1v) is 8.52. The van der Waals surface area contributed by atoms with Gasteiger partial charge in [-0.15, -0.1) is 0 Å². The van der Waals surface area contributed by atoms with E-state index in [1.54, 1.807) is 6.07 Å². The van der Waals surface area contributed by atoms with E-state index in [1.807, 2.05) is 32.0 Å². The van der Waals surface area contributed by atoms with Gasteiger partial charge in [-0.05, 0) is 18.1 Å². The third kappa shape index (κ3) is 2.95. The number of para-hydroxylation sites is 1. The maximum atomic E-state index is 11.9. The van der Waals surface area contributed by atoms with Gasteiger partial charge in [0.25, 0.3) is 0 Å². The van der Waals surface area contributed by atoms with Crippen LogP contribution in [0, 0.1) is 5.92 Å². The highest BCUT2D eigenvalue weighted by molar-refractivity contribution is 7.92. The van der Waals surface area contributed by atoms with Gasteiger partial charge in [0.05, 0.1) is 18.0 Å². The Kier molecular flexibility index (Phi) is 4.04. The van der Waals surface area contributed by atoms with Crippen LogP contribution < -0.4 is 9.62 Å². The van der Waals surface area contributed by atoms with Gasteiger partial charge in [-0.1, -0.05) is 32.0 Å². The summed E-state index contributed by atoms with van der Waals surface area (Å²) in [6, 6.07) is 7.20. The van der Waals surface area contributed by atoms with E-state index in [4.69, 9.17) is 0 Å². The van der Waals surface area contributed by atoms with Gasteiger partial charge in [-0.2, -0.15) is 0 Å². The van der Waals surface area contributed by atoms with Crippen molar-refractivity contribution >= 4 is 21.6 Å². The van der Waals surface area contributed by atoms with Crippen LogP contribution in [0.15, 0.2) is 24.3 Å². The first-order chi connectivity index (χ1) is 9.30. The quantitative estimate of drug-likeness (QED) is 0.922. The third-order valence-corrected chi connectivity index (χ3v) is 4.62. The van der Waals surface area contributed by atoms with Crippen LogP contribution >= 0.6 is 0 Å². The minimum Gasteiger partial charge on any atom is -0.349 e. The van der Waals surface area contributed by atoms with Gasteiger partial charge in [0, 0.05) is 12.5 Å². The number of carbonyl (C=O) groups excluding carboxylic acids is 1. The molecule has 2 rings (SSSR count). The van der Waals surface area contributed by atoms with E-state index in [-0.39, 0.29) is 17.9 Å². The second-order valence-electron chi connectivity index (χ2n) is 5.40. The number of benzene rings is 1. The molecule has 1 N–H and O–H groups in total. The minimum atomic E-state index is -3.29. The summed E-state index contributed by atoms with van der Waals surface area (Å²) in [5.74, 6) is -0.104.